The molecule has 27 heavy (non-hydrogen) atoms. The van der Waals surface area contributed by atoms with E-state index in [0.717, 1.165) is 26.3 Å². The molecule has 4 fully saturated rings. The molecule has 0 aromatic heterocycles. The minimum absolute atomic E-state index is 0.0865. The first-order valence-corrected chi connectivity index (χ1v) is 9.88. The second kappa shape index (κ2) is 5.74. The van der Waals surface area contributed by atoms with Crippen LogP contribution in [0.2, 0.25) is 0 Å². The lowest BCUT2D eigenvalue weighted by Crippen LogP contribution is -2.73. The second-order valence-electron chi connectivity index (χ2n) is 8.16. The Kier molecular flexibility index (Phi) is 4.40. The highest BCUT2D eigenvalue weighted by atomic mass is 32.2. The van der Waals surface area contributed by atoms with Gasteiger partial charge in [0, 0.05) is 12.6 Å². The Hall–Kier alpha value is -1.04. The van der Waals surface area contributed by atoms with Crippen LogP contribution in [0.5, 0.6) is 0 Å². The second-order valence-corrected chi connectivity index (χ2v) is 9.72. The highest BCUT2D eigenvalue weighted by Crippen LogP contribution is 2.59. The molecule has 5 nitrogen and oxygen atoms in total. The molecule has 156 valence electrons. The van der Waals surface area contributed by atoms with Crippen molar-refractivity contribution in [1.82, 2.24) is 4.90 Å². The van der Waals surface area contributed by atoms with Gasteiger partial charge in [-0.2, -0.15) is 34.8 Å². The normalized spacial score (nSPS) is 34.0. The summed E-state index contributed by atoms with van der Waals surface area (Å²) in [7, 11) is -6.11. The molecule has 0 spiro atoms. The van der Waals surface area contributed by atoms with Gasteiger partial charge in [-0.15, -0.1) is 0 Å². The summed E-state index contributed by atoms with van der Waals surface area (Å²) in [4.78, 5) is 12.9. The van der Waals surface area contributed by atoms with Crippen molar-refractivity contribution < 1.29 is 44.1 Å². The van der Waals surface area contributed by atoms with Crippen molar-refractivity contribution in [1.29, 1.82) is 0 Å². The maximum Gasteiger partial charge on any atom is 0.428 e. The van der Waals surface area contributed by atoms with Crippen LogP contribution in [0.15, 0.2) is 0 Å². The van der Waals surface area contributed by atoms with Gasteiger partial charge in [0.15, 0.2) is 0 Å². The zero-order valence-corrected chi connectivity index (χ0v) is 15.1. The topological polar surface area (TPSA) is 74.7 Å². The summed E-state index contributed by atoms with van der Waals surface area (Å²) < 4.78 is 107. The fraction of sp³-hybridized carbons (Fsp3) is 0.933. The third-order valence-corrected chi connectivity index (χ3v) is 7.92. The van der Waals surface area contributed by atoms with Crippen LogP contribution in [0.1, 0.15) is 38.5 Å². The van der Waals surface area contributed by atoms with Crippen LogP contribution >= 0.6 is 0 Å². The summed E-state index contributed by atoms with van der Waals surface area (Å²) in [6, 6.07) is 0. The van der Waals surface area contributed by atoms with Crippen LogP contribution in [0.25, 0.3) is 0 Å². The first-order chi connectivity index (χ1) is 12.1. The molecule has 0 aromatic carbocycles. The molecule has 4 rings (SSSR count). The molecule has 1 N–H and O–H groups in total. The van der Waals surface area contributed by atoms with Gasteiger partial charge < -0.3 is 4.90 Å². The average molecular weight is 423 g/mol. The number of nitrogens with zero attached hydrogens (tertiary/aromatic N) is 1. The van der Waals surface area contributed by atoms with E-state index in [0.29, 0.717) is 4.90 Å². The van der Waals surface area contributed by atoms with Crippen molar-refractivity contribution >= 4 is 16.0 Å². The molecule has 0 unspecified atom stereocenters. The minimum atomic E-state index is -6.90. The molecule has 4 saturated carbocycles. The molecule has 0 saturated heterocycles. The molecule has 0 aliphatic heterocycles. The van der Waals surface area contributed by atoms with Crippen molar-refractivity contribution in [3.05, 3.63) is 0 Å². The lowest BCUT2D eigenvalue weighted by molar-refractivity contribution is -0.266. The molecule has 4 aliphatic rings. The molecule has 1 amide bonds. The van der Waals surface area contributed by atoms with Gasteiger partial charge in [-0.1, -0.05) is 0 Å². The molecule has 0 atom stereocenters. The summed E-state index contributed by atoms with van der Waals surface area (Å²) in [5, 5.41) is 0. The third-order valence-electron chi connectivity index (χ3n) is 6.51. The molecular formula is C15H19F6NO4S. The Morgan fingerprint density at radius 1 is 0.926 bits per heavy atom. The van der Waals surface area contributed by atoms with Crippen LogP contribution in [-0.4, -0.2) is 53.5 Å². The number of carbonyl (C=O) groups is 1. The number of amides is 1. The molecule has 0 heterocycles. The van der Waals surface area contributed by atoms with Gasteiger partial charge >= 0.3 is 17.1 Å². The monoisotopic (exact) mass is 423 g/mol. The fourth-order valence-electron chi connectivity index (χ4n) is 5.73. The van der Waals surface area contributed by atoms with Crippen molar-refractivity contribution in [2.45, 2.75) is 61.2 Å². The van der Waals surface area contributed by atoms with E-state index in [1.54, 1.807) is 0 Å². The van der Waals surface area contributed by atoms with Crippen LogP contribution in [0, 0.1) is 17.8 Å². The fourth-order valence-corrected chi connectivity index (χ4v) is 6.68. The number of carbonyl (C=O) groups excluding carboxylic acids is 1. The lowest BCUT2D eigenvalue weighted by Gasteiger charge is -2.60. The lowest BCUT2D eigenvalue weighted by atomic mass is 9.52. The quantitative estimate of drug-likeness (QED) is 0.559. The van der Waals surface area contributed by atoms with Crippen LogP contribution in [0.3, 0.4) is 0 Å². The predicted octanol–water partition coefficient (Wildman–Crippen LogP) is 3.16. The van der Waals surface area contributed by atoms with E-state index in [-0.39, 0.29) is 37.0 Å². The van der Waals surface area contributed by atoms with E-state index in [4.69, 9.17) is 4.55 Å². The van der Waals surface area contributed by atoms with Gasteiger partial charge in [0.25, 0.3) is 16.0 Å². The van der Waals surface area contributed by atoms with E-state index < -0.39 is 38.7 Å². The van der Waals surface area contributed by atoms with Crippen molar-refractivity contribution in [3.8, 4) is 0 Å². The smallest absolute Gasteiger partial charge is 0.338 e. The van der Waals surface area contributed by atoms with Crippen molar-refractivity contribution in [3.63, 3.8) is 0 Å². The molecule has 12 heteroatoms. The summed E-state index contributed by atoms with van der Waals surface area (Å²) in [5.74, 6) is -2.43. The first-order valence-electron chi connectivity index (χ1n) is 8.44. The van der Waals surface area contributed by atoms with Gasteiger partial charge in [0.1, 0.15) is 0 Å². The van der Waals surface area contributed by atoms with Crippen molar-refractivity contribution in [2.75, 3.05) is 7.05 Å². The van der Waals surface area contributed by atoms with E-state index in [9.17, 15) is 39.6 Å². The molecule has 4 aliphatic carbocycles. The van der Waals surface area contributed by atoms with Gasteiger partial charge in [-0.3, -0.25) is 9.35 Å². The zero-order chi connectivity index (χ0) is 20.6. The summed E-state index contributed by atoms with van der Waals surface area (Å²) in [6.07, 6.45) is -10.0. The van der Waals surface area contributed by atoms with E-state index in [2.05, 4.69) is 0 Å². The van der Waals surface area contributed by atoms with E-state index >= 15 is 0 Å². The molecule has 4 bridgehead atoms. The Morgan fingerprint density at radius 2 is 1.26 bits per heavy atom. The Balaban J connectivity index is 2.10. The largest absolute Gasteiger partial charge is 0.428 e. The molecule has 0 aromatic rings. The van der Waals surface area contributed by atoms with Crippen LogP contribution in [0.4, 0.5) is 26.3 Å². The minimum Gasteiger partial charge on any atom is -0.338 e. The SMILES string of the molecule is CN(C(=O)C(C(F)(F)F)(C(F)(F)F)S(=O)(=O)O)C12CC3CC(CC(C3)C1)C2. The Labute approximate surface area is 151 Å². The predicted molar refractivity (Wildman–Crippen MR) is 80.1 cm³/mol. The average Bonchev–Trinajstić information content (AvgIpc) is 2.40. The van der Waals surface area contributed by atoms with Crippen LogP contribution in [-0.2, 0) is 14.9 Å². The first kappa shape index (κ1) is 20.7. The number of hydrogen-bond acceptors (Lipinski definition) is 3. The summed E-state index contributed by atoms with van der Waals surface area (Å²) in [5.41, 5.74) is -1.25. The zero-order valence-electron chi connectivity index (χ0n) is 14.3. The standard InChI is InChI=1S/C15H19F6NO4S/c1-22(12-5-8-2-9(6-12)4-10(3-8)7-12)11(23)13(14(16,17)18,15(19,20)21)27(24,25)26/h8-10H,2-7H2,1H3,(H,24,25,26). The summed E-state index contributed by atoms with van der Waals surface area (Å²) >= 11 is 0. The van der Waals surface area contributed by atoms with Crippen LogP contribution < -0.4 is 0 Å². The van der Waals surface area contributed by atoms with Gasteiger partial charge in [-0.05, 0) is 56.3 Å². The number of halogens is 6. The molecule has 0 radical (unpaired) electrons. The number of rotatable bonds is 3. The van der Waals surface area contributed by atoms with Crippen molar-refractivity contribution in [2.24, 2.45) is 17.8 Å². The molecular weight excluding hydrogens is 404 g/mol. The Bertz CT molecular complexity index is 695. The van der Waals surface area contributed by atoms with Gasteiger partial charge in [0.05, 0.1) is 0 Å². The van der Waals surface area contributed by atoms with E-state index in [1.165, 1.54) is 0 Å². The van der Waals surface area contributed by atoms with Gasteiger partial charge in [-0.25, -0.2) is 0 Å². The number of hydrogen-bond donors (Lipinski definition) is 1. The highest BCUT2D eigenvalue weighted by molar-refractivity contribution is 7.88. The highest BCUT2D eigenvalue weighted by Gasteiger charge is 2.84. The summed E-state index contributed by atoms with van der Waals surface area (Å²) in [6.45, 7) is 0. The third kappa shape index (κ3) is 2.77. The van der Waals surface area contributed by atoms with E-state index in [1.807, 2.05) is 0 Å². The van der Waals surface area contributed by atoms with Gasteiger partial charge in [0.2, 0.25) is 0 Å². The number of alkyl halides is 6. The Morgan fingerprint density at radius 3 is 1.52 bits per heavy atom. The maximum atomic E-state index is 13.4. The maximum absolute atomic E-state index is 13.4.